The van der Waals surface area contributed by atoms with Crippen molar-refractivity contribution in [3.63, 3.8) is 0 Å². The van der Waals surface area contributed by atoms with E-state index in [0.29, 0.717) is 6.10 Å². The van der Waals surface area contributed by atoms with Crippen LogP contribution in [0.3, 0.4) is 0 Å². The molecule has 90 valence electrons. The molecule has 1 atom stereocenters. The third-order valence-electron chi connectivity index (χ3n) is 2.64. The molecule has 0 bridgehead atoms. The lowest BCUT2D eigenvalue weighted by Gasteiger charge is -2.09. The molecule has 1 aromatic rings. The van der Waals surface area contributed by atoms with E-state index in [4.69, 9.17) is 9.15 Å². The van der Waals surface area contributed by atoms with Crippen molar-refractivity contribution in [2.45, 2.75) is 24.7 Å². The molecule has 1 aliphatic rings. The molecule has 0 amide bonds. The summed E-state index contributed by atoms with van der Waals surface area (Å²) in [6, 6.07) is 3.96. The first kappa shape index (κ1) is 12.0. The Morgan fingerprint density at radius 3 is 3.25 bits per heavy atom. The molecule has 1 fully saturated rings. The molecule has 0 aliphatic carbocycles. The molecular weight excluding hydrogens is 222 g/mol. The van der Waals surface area contributed by atoms with Gasteiger partial charge in [0.25, 0.3) is 0 Å². The Hall–Kier alpha value is -0.450. The van der Waals surface area contributed by atoms with E-state index < -0.39 is 0 Å². The Morgan fingerprint density at radius 2 is 2.50 bits per heavy atom. The lowest BCUT2D eigenvalue weighted by atomic mass is 10.2. The minimum absolute atomic E-state index is 0.454. The highest BCUT2D eigenvalue weighted by molar-refractivity contribution is 7.98. The van der Waals surface area contributed by atoms with Gasteiger partial charge in [0, 0.05) is 25.4 Å². The third kappa shape index (κ3) is 4.20. The predicted octanol–water partition coefficient (Wildman–Crippen LogP) is 2.28. The molecule has 1 unspecified atom stereocenters. The van der Waals surface area contributed by atoms with E-state index in [0.717, 1.165) is 37.0 Å². The second-order valence-electron chi connectivity index (χ2n) is 3.97. The standard InChI is InChI=1S/C12H19NO2S/c1-3-11(14-6-1)9-13-5-8-16-10-12-4-2-7-15-12/h2,4,7,11,13H,1,3,5-6,8-10H2. The van der Waals surface area contributed by atoms with Crippen LogP contribution in [0.2, 0.25) is 0 Å². The first-order valence-corrected chi connectivity index (χ1v) is 7.03. The molecule has 4 heteroatoms. The number of ether oxygens (including phenoxy) is 1. The van der Waals surface area contributed by atoms with Crippen LogP contribution in [0.5, 0.6) is 0 Å². The van der Waals surface area contributed by atoms with Gasteiger partial charge in [-0.2, -0.15) is 11.8 Å². The van der Waals surface area contributed by atoms with Gasteiger partial charge in [-0.3, -0.25) is 0 Å². The Bertz CT molecular complexity index is 271. The van der Waals surface area contributed by atoms with Crippen molar-refractivity contribution in [2.24, 2.45) is 0 Å². The summed E-state index contributed by atoms with van der Waals surface area (Å²) < 4.78 is 10.8. The van der Waals surface area contributed by atoms with Crippen molar-refractivity contribution in [1.82, 2.24) is 5.32 Å². The number of hydrogen-bond donors (Lipinski definition) is 1. The van der Waals surface area contributed by atoms with E-state index in [2.05, 4.69) is 5.32 Å². The monoisotopic (exact) mass is 241 g/mol. The molecule has 1 aliphatic heterocycles. The van der Waals surface area contributed by atoms with Crippen LogP contribution < -0.4 is 5.32 Å². The molecule has 1 aromatic heterocycles. The molecule has 1 N–H and O–H groups in total. The summed E-state index contributed by atoms with van der Waals surface area (Å²) >= 11 is 1.90. The molecule has 0 spiro atoms. The van der Waals surface area contributed by atoms with E-state index in [1.165, 1.54) is 12.8 Å². The molecule has 0 saturated carbocycles. The molecule has 2 rings (SSSR count). The Morgan fingerprint density at radius 1 is 1.50 bits per heavy atom. The van der Waals surface area contributed by atoms with Crippen LogP contribution >= 0.6 is 11.8 Å². The van der Waals surface area contributed by atoms with Crippen molar-refractivity contribution in [1.29, 1.82) is 0 Å². The normalized spacial score (nSPS) is 20.4. The van der Waals surface area contributed by atoms with Crippen LogP contribution in [0.25, 0.3) is 0 Å². The zero-order chi connectivity index (χ0) is 11.1. The summed E-state index contributed by atoms with van der Waals surface area (Å²) in [5.74, 6) is 3.14. The predicted molar refractivity (Wildman–Crippen MR) is 66.7 cm³/mol. The fraction of sp³-hybridized carbons (Fsp3) is 0.667. The van der Waals surface area contributed by atoms with Crippen molar-refractivity contribution in [3.05, 3.63) is 24.2 Å². The van der Waals surface area contributed by atoms with Gasteiger partial charge in [-0.1, -0.05) is 0 Å². The van der Waals surface area contributed by atoms with E-state index in [1.54, 1.807) is 6.26 Å². The van der Waals surface area contributed by atoms with Gasteiger partial charge >= 0.3 is 0 Å². The molecule has 3 nitrogen and oxygen atoms in total. The summed E-state index contributed by atoms with van der Waals surface area (Å²) in [6.07, 6.45) is 4.62. The Kier molecular flexibility index (Phi) is 5.25. The minimum atomic E-state index is 0.454. The Balaban J connectivity index is 1.43. The molecule has 16 heavy (non-hydrogen) atoms. The van der Waals surface area contributed by atoms with E-state index >= 15 is 0 Å². The molecule has 2 heterocycles. The average Bonchev–Trinajstić information content (AvgIpc) is 2.96. The number of hydrogen-bond acceptors (Lipinski definition) is 4. The van der Waals surface area contributed by atoms with Gasteiger partial charge in [-0.15, -0.1) is 0 Å². The summed E-state index contributed by atoms with van der Waals surface area (Å²) in [7, 11) is 0. The van der Waals surface area contributed by atoms with Gasteiger partial charge in [0.1, 0.15) is 5.76 Å². The maximum atomic E-state index is 5.53. The van der Waals surface area contributed by atoms with Crippen LogP contribution in [0.4, 0.5) is 0 Å². The number of furan rings is 1. The second kappa shape index (κ2) is 6.99. The number of thioether (sulfide) groups is 1. The van der Waals surface area contributed by atoms with Gasteiger partial charge in [-0.05, 0) is 25.0 Å². The third-order valence-corrected chi connectivity index (χ3v) is 3.63. The zero-order valence-corrected chi connectivity index (χ0v) is 10.3. The molecular formula is C12H19NO2S. The minimum Gasteiger partial charge on any atom is -0.468 e. The van der Waals surface area contributed by atoms with Crippen LogP contribution in [-0.2, 0) is 10.5 Å². The first-order valence-electron chi connectivity index (χ1n) is 5.87. The van der Waals surface area contributed by atoms with E-state index in [1.807, 2.05) is 23.9 Å². The van der Waals surface area contributed by atoms with Gasteiger partial charge in [-0.25, -0.2) is 0 Å². The van der Waals surface area contributed by atoms with Gasteiger partial charge in [0.05, 0.1) is 18.1 Å². The smallest absolute Gasteiger partial charge is 0.113 e. The van der Waals surface area contributed by atoms with Crippen molar-refractivity contribution in [3.8, 4) is 0 Å². The van der Waals surface area contributed by atoms with Crippen LogP contribution in [-0.4, -0.2) is 31.6 Å². The van der Waals surface area contributed by atoms with Crippen LogP contribution in [0.15, 0.2) is 22.8 Å². The second-order valence-corrected chi connectivity index (χ2v) is 5.08. The highest BCUT2D eigenvalue weighted by atomic mass is 32.2. The molecule has 0 aromatic carbocycles. The van der Waals surface area contributed by atoms with E-state index in [-0.39, 0.29) is 0 Å². The first-order chi connectivity index (χ1) is 7.95. The summed E-state index contributed by atoms with van der Waals surface area (Å²) in [4.78, 5) is 0. The van der Waals surface area contributed by atoms with Crippen molar-refractivity contribution in [2.75, 3.05) is 25.4 Å². The zero-order valence-electron chi connectivity index (χ0n) is 9.48. The van der Waals surface area contributed by atoms with Gasteiger partial charge in [0.15, 0.2) is 0 Å². The summed E-state index contributed by atoms with van der Waals surface area (Å²) in [6.45, 7) is 2.99. The van der Waals surface area contributed by atoms with Crippen molar-refractivity contribution >= 4 is 11.8 Å². The fourth-order valence-electron chi connectivity index (χ4n) is 1.78. The van der Waals surface area contributed by atoms with Crippen LogP contribution in [0, 0.1) is 0 Å². The number of nitrogens with one attached hydrogen (secondary N) is 1. The average molecular weight is 241 g/mol. The SMILES string of the molecule is c1coc(CSCCNCC2CCCO2)c1. The maximum absolute atomic E-state index is 5.53. The fourth-order valence-corrected chi connectivity index (χ4v) is 2.58. The highest BCUT2D eigenvalue weighted by Gasteiger charge is 2.13. The molecule has 0 radical (unpaired) electrons. The Labute approximate surface area is 101 Å². The van der Waals surface area contributed by atoms with Gasteiger partial charge in [0.2, 0.25) is 0 Å². The highest BCUT2D eigenvalue weighted by Crippen LogP contribution is 2.12. The van der Waals surface area contributed by atoms with E-state index in [9.17, 15) is 0 Å². The van der Waals surface area contributed by atoms with Gasteiger partial charge < -0.3 is 14.5 Å². The lowest BCUT2D eigenvalue weighted by Crippen LogP contribution is -2.27. The number of rotatable bonds is 7. The van der Waals surface area contributed by atoms with Crippen molar-refractivity contribution < 1.29 is 9.15 Å². The lowest BCUT2D eigenvalue weighted by molar-refractivity contribution is 0.110. The summed E-state index contributed by atoms with van der Waals surface area (Å²) in [5.41, 5.74) is 0. The quantitative estimate of drug-likeness (QED) is 0.743. The maximum Gasteiger partial charge on any atom is 0.113 e. The van der Waals surface area contributed by atoms with Crippen LogP contribution in [0.1, 0.15) is 18.6 Å². The molecule has 1 saturated heterocycles. The summed E-state index contributed by atoms with van der Waals surface area (Å²) in [5, 5.41) is 3.43. The largest absolute Gasteiger partial charge is 0.468 e. The topological polar surface area (TPSA) is 34.4 Å².